The molecule has 0 radical (unpaired) electrons. The molecule has 4 N–H and O–H groups in total. The van der Waals surface area contributed by atoms with E-state index in [0.29, 0.717) is 36.6 Å². The molecule has 4 aliphatic rings. The molecule has 0 saturated carbocycles. The first-order valence-corrected chi connectivity index (χ1v) is 12.2. The minimum atomic E-state index is -2.96. The van der Waals surface area contributed by atoms with Gasteiger partial charge in [-0.1, -0.05) is 6.07 Å². The number of rotatable bonds is 5. The van der Waals surface area contributed by atoms with E-state index in [2.05, 4.69) is 26.2 Å². The van der Waals surface area contributed by atoms with Crippen molar-refractivity contribution in [2.75, 3.05) is 36.4 Å². The number of benzene rings is 2. The Labute approximate surface area is 208 Å². The van der Waals surface area contributed by atoms with E-state index in [4.69, 9.17) is 0 Å². The van der Waals surface area contributed by atoms with Crippen LogP contribution in [0.1, 0.15) is 34.0 Å². The van der Waals surface area contributed by atoms with Gasteiger partial charge in [0.15, 0.2) is 0 Å². The molecular weight excluding hydrogens is 462 g/mol. The van der Waals surface area contributed by atoms with E-state index in [1.165, 1.54) is 0 Å². The van der Waals surface area contributed by atoms with E-state index in [0.717, 1.165) is 42.5 Å². The molecule has 0 aliphatic carbocycles. The van der Waals surface area contributed by atoms with E-state index in [1.807, 2.05) is 53.7 Å². The number of carbonyl (C=O) groups is 1. The molecule has 36 heavy (non-hydrogen) atoms. The number of nitrogens with one attached hydrogen (secondary N) is 4. The first kappa shape index (κ1) is 22.6. The number of anilines is 2. The summed E-state index contributed by atoms with van der Waals surface area (Å²) in [6, 6.07) is 11.1. The SMILES string of the molecule is CC(F)(F)c1cc(NC2=CC=C(c3ccc4c(c3)CNC4=O)N3C=CNC23)ccc1N1CCNCC1. The van der Waals surface area contributed by atoms with E-state index in [-0.39, 0.29) is 17.6 Å². The van der Waals surface area contributed by atoms with Crippen molar-refractivity contribution in [1.82, 2.24) is 20.9 Å². The van der Waals surface area contributed by atoms with Crippen LogP contribution in [0.3, 0.4) is 0 Å². The highest BCUT2D eigenvalue weighted by Crippen LogP contribution is 2.38. The van der Waals surface area contributed by atoms with Gasteiger partial charge in [0, 0.05) is 74.5 Å². The van der Waals surface area contributed by atoms with Crippen LogP contribution in [-0.4, -0.2) is 43.2 Å². The van der Waals surface area contributed by atoms with Gasteiger partial charge in [-0.05, 0) is 53.6 Å². The minimum Gasteiger partial charge on any atom is -0.369 e. The number of fused-ring (bicyclic) bond motifs is 2. The van der Waals surface area contributed by atoms with Crippen LogP contribution in [-0.2, 0) is 12.5 Å². The lowest BCUT2D eigenvalue weighted by Gasteiger charge is -2.34. The molecule has 4 aliphatic heterocycles. The molecule has 0 aromatic heterocycles. The summed E-state index contributed by atoms with van der Waals surface area (Å²) in [4.78, 5) is 16.0. The summed E-state index contributed by atoms with van der Waals surface area (Å²) in [5.41, 5.74) is 5.77. The molecule has 1 fully saturated rings. The number of carbonyl (C=O) groups excluding carboxylic acids is 1. The zero-order valence-electron chi connectivity index (χ0n) is 19.9. The van der Waals surface area contributed by atoms with Crippen LogP contribution in [0.25, 0.3) is 5.70 Å². The smallest absolute Gasteiger partial charge is 0.272 e. The van der Waals surface area contributed by atoms with Gasteiger partial charge in [0.25, 0.3) is 11.8 Å². The Bertz CT molecular complexity index is 1310. The second-order valence-electron chi connectivity index (χ2n) is 9.50. The maximum atomic E-state index is 14.7. The molecule has 1 atom stereocenters. The number of hydrogen-bond acceptors (Lipinski definition) is 6. The predicted octanol–water partition coefficient (Wildman–Crippen LogP) is 3.50. The largest absolute Gasteiger partial charge is 0.369 e. The monoisotopic (exact) mass is 490 g/mol. The summed E-state index contributed by atoms with van der Waals surface area (Å²) in [6.07, 6.45) is 7.61. The van der Waals surface area contributed by atoms with Crippen LogP contribution in [0.5, 0.6) is 0 Å². The van der Waals surface area contributed by atoms with Gasteiger partial charge in [-0.15, -0.1) is 0 Å². The van der Waals surface area contributed by atoms with E-state index in [1.54, 1.807) is 12.1 Å². The summed E-state index contributed by atoms with van der Waals surface area (Å²) in [6.45, 7) is 4.45. The Morgan fingerprint density at radius 1 is 1.08 bits per heavy atom. The van der Waals surface area contributed by atoms with Crippen molar-refractivity contribution in [3.05, 3.63) is 88.9 Å². The Hall–Kier alpha value is -3.85. The molecule has 186 valence electrons. The molecule has 1 amide bonds. The van der Waals surface area contributed by atoms with E-state index >= 15 is 0 Å². The Morgan fingerprint density at radius 2 is 1.92 bits per heavy atom. The van der Waals surface area contributed by atoms with Crippen molar-refractivity contribution in [2.45, 2.75) is 25.6 Å². The quantitative estimate of drug-likeness (QED) is 0.515. The van der Waals surface area contributed by atoms with Crippen LogP contribution in [0.15, 0.2) is 66.6 Å². The fraction of sp³-hybridized carbons (Fsp3) is 0.296. The molecular formula is C27H28F2N6O. The van der Waals surface area contributed by atoms with E-state index in [9.17, 15) is 13.6 Å². The van der Waals surface area contributed by atoms with Crippen LogP contribution in [0.2, 0.25) is 0 Å². The third kappa shape index (κ3) is 3.99. The van der Waals surface area contributed by atoms with Gasteiger partial charge in [-0.25, -0.2) is 8.78 Å². The maximum Gasteiger partial charge on any atom is 0.272 e. The zero-order chi connectivity index (χ0) is 24.9. The molecule has 9 heteroatoms. The first-order chi connectivity index (χ1) is 17.4. The lowest BCUT2D eigenvalue weighted by molar-refractivity contribution is 0.0180. The van der Waals surface area contributed by atoms with Gasteiger partial charge in [0.2, 0.25) is 0 Å². The Balaban J connectivity index is 1.30. The maximum absolute atomic E-state index is 14.7. The average molecular weight is 491 g/mol. The molecule has 6 rings (SSSR count). The second kappa shape index (κ2) is 8.67. The summed E-state index contributed by atoms with van der Waals surface area (Å²) < 4.78 is 29.3. The van der Waals surface area contributed by atoms with Gasteiger partial charge in [0.05, 0.1) is 11.4 Å². The fourth-order valence-electron chi connectivity index (χ4n) is 5.25. The third-order valence-corrected chi connectivity index (χ3v) is 7.06. The number of nitrogens with zero attached hydrogens (tertiary/aromatic N) is 2. The summed E-state index contributed by atoms with van der Waals surface area (Å²) in [5, 5.41) is 12.8. The average Bonchev–Trinajstić information content (AvgIpc) is 3.51. The molecule has 2 aromatic carbocycles. The number of halogens is 2. The number of piperazine rings is 1. The molecule has 7 nitrogen and oxygen atoms in total. The van der Waals surface area contributed by atoms with Crippen molar-refractivity contribution in [2.24, 2.45) is 0 Å². The van der Waals surface area contributed by atoms with Crippen LogP contribution in [0, 0.1) is 0 Å². The molecule has 4 heterocycles. The van der Waals surface area contributed by atoms with Crippen molar-refractivity contribution >= 4 is 23.0 Å². The highest BCUT2D eigenvalue weighted by Gasteiger charge is 2.33. The highest BCUT2D eigenvalue weighted by molar-refractivity contribution is 5.98. The van der Waals surface area contributed by atoms with Gasteiger partial charge in [-0.2, -0.15) is 0 Å². The molecule has 0 bridgehead atoms. The van der Waals surface area contributed by atoms with Crippen molar-refractivity contribution in [1.29, 1.82) is 0 Å². The highest BCUT2D eigenvalue weighted by atomic mass is 19.3. The lowest BCUT2D eigenvalue weighted by Crippen LogP contribution is -2.44. The Morgan fingerprint density at radius 3 is 2.72 bits per heavy atom. The second-order valence-corrected chi connectivity index (χ2v) is 9.50. The van der Waals surface area contributed by atoms with Crippen molar-refractivity contribution in [3.63, 3.8) is 0 Å². The lowest BCUT2D eigenvalue weighted by atomic mass is 10.0. The molecule has 1 saturated heterocycles. The number of allylic oxidation sites excluding steroid dienone is 2. The van der Waals surface area contributed by atoms with Crippen LogP contribution in [0.4, 0.5) is 20.2 Å². The third-order valence-electron chi connectivity index (χ3n) is 7.06. The molecule has 2 aromatic rings. The topological polar surface area (TPSA) is 71.7 Å². The number of hydrogen-bond donors (Lipinski definition) is 4. The van der Waals surface area contributed by atoms with Crippen LogP contribution < -0.4 is 26.2 Å². The molecule has 1 unspecified atom stereocenters. The molecule has 0 spiro atoms. The van der Waals surface area contributed by atoms with E-state index < -0.39 is 5.92 Å². The number of alkyl halides is 2. The normalized spacial score (nSPS) is 20.9. The van der Waals surface area contributed by atoms with Gasteiger partial charge < -0.3 is 31.1 Å². The standard InChI is InChI=1S/C27H28F2N6O/c1-27(28,29)21-15-19(3-6-24(21)34-11-8-30-9-12-34)33-22-5-7-23(35-13-10-31-25(22)35)17-2-4-20-18(14-17)16-32-26(20)36/h2-7,10,13-15,25,30-31,33H,8-9,11-12,16H2,1H3,(H,32,36). The summed E-state index contributed by atoms with van der Waals surface area (Å²) in [5.74, 6) is -3.00. The minimum absolute atomic E-state index is 0.0256. The summed E-state index contributed by atoms with van der Waals surface area (Å²) >= 11 is 0. The fourth-order valence-corrected chi connectivity index (χ4v) is 5.25. The predicted molar refractivity (Wildman–Crippen MR) is 136 cm³/mol. The Kier molecular flexibility index (Phi) is 5.44. The zero-order valence-corrected chi connectivity index (χ0v) is 19.9. The van der Waals surface area contributed by atoms with Gasteiger partial charge in [-0.3, -0.25) is 4.79 Å². The summed E-state index contributed by atoms with van der Waals surface area (Å²) in [7, 11) is 0. The van der Waals surface area contributed by atoms with Crippen LogP contribution >= 0.6 is 0 Å². The first-order valence-electron chi connectivity index (χ1n) is 12.2. The van der Waals surface area contributed by atoms with Crippen molar-refractivity contribution < 1.29 is 13.6 Å². The van der Waals surface area contributed by atoms with Gasteiger partial charge in [0.1, 0.15) is 6.17 Å². The van der Waals surface area contributed by atoms with Crippen molar-refractivity contribution in [3.8, 4) is 0 Å². The van der Waals surface area contributed by atoms with Gasteiger partial charge >= 0.3 is 0 Å². The number of amides is 1.